The molecule has 0 aliphatic heterocycles. The Balaban J connectivity index is 2.39. The Bertz CT molecular complexity index is 626. The van der Waals surface area contributed by atoms with E-state index in [9.17, 15) is 9.67 Å². The summed E-state index contributed by atoms with van der Waals surface area (Å²) in [6.45, 7) is 0. The molecule has 0 heterocycles. The van der Waals surface area contributed by atoms with Crippen LogP contribution in [-0.2, 0) is 9.09 Å². The number of rotatable bonds is 5. The zero-order chi connectivity index (χ0) is 15.5. The maximum Gasteiger partial charge on any atom is 0.263 e. The number of aliphatic hydroxyl groups excluding tert-OH is 1. The zero-order valence-corrected chi connectivity index (χ0v) is 13.3. The van der Waals surface area contributed by atoms with Gasteiger partial charge in [0.2, 0.25) is 0 Å². The lowest BCUT2D eigenvalue weighted by Crippen LogP contribution is -2.15. The minimum Gasteiger partial charge on any atom is -0.378 e. The van der Waals surface area contributed by atoms with Gasteiger partial charge in [0.05, 0.1) is 0 Å². The molecule has 1 N–H and O–H groups in total. The highest BCUT2D eigenvalue weighted by Crippen LogP contribution is 2.56. The first kappa shape index (κ1) is 15.8. The fourth-order valence-electron chi connectivity index (χ4n) is 2.13. The maximum absolute atomic E-state index is 13.1. The molecular weight excluding hydrogens is 285 g/mol. The van der Waals surface area contributed by atoms with Crippen LogP contribution < -0.4 is 10.2 Å². The van der Waals surface area contributed by atoms with E-state index in [0.717, 1.165) is 5.69 Å². The Labute approximate surface area is 125 Å². The molecule has 2 aromatic rings. The molecule has 2 atom stereocenters. The Kier molecular flexibility index (Phi) is 4.84. The van der Waals surface area contributed by atoms with Crippen LogP contribution in [0.15, 0.2) is 54.6 Å². The Morgan fingerprint density at radius 1 is 1.05 bits per heavy atom. The molecule has 0 amide bonds. The number of hydrogen-bond acceptors (Lipinski definition) is 4. The molecule has 0 aliphatic carbocycles. The summed E-state index contributed by atoms with van der Waals surface area (Å²) in [5, 5.41) is 11.0. The third-order valence-electron chi connectivity index (χ3n) is 3.42. The van der Waals surface area contributed by atoms with Gasteiger partial charge in [-0.15, -0.1) is 0 Å². The minimum absolute atomic E-state index is 0.506. The van der Waals surface area contributed by atoms with Crippen molar-refractivity contribution in [2.75, 3.05) is 26.1 Å². The van der Waals surface area contributed by atoms with Crippen molar-refractivity contribution in [3.63, 3.8) is 0 Å². The van der Waals surface area contributed by atoms with Gasteiger partial charge in [-0.25, -0.2) is 0 Å². The molecule has 2 rings (SSSR count). The minimum atomic E-state index is -3.38. The highest BCUT2D eigenvalue weighted by molar-refractivity contribution is 7.67. The molecule has 5 heteroatoms. The van der Waals surface area contributed by atoms with Gasteiger partial charge >= 0.3 is 0 Å². The van der Waals surface area contributed by atoms with Crippen LogP contribution in [0.4, 0.5) is 5.69 Å². The summed E-state index contributed by atoms with van der Waals surface area (Å²) in [6.07, 6.45) is 0. The summed E-state index contributed by atoms with van der Waals surface area (Å²) in [5.41, 5.74) is 1.58. The van der Waals surface area contributed by atoms with E-state index in [1.165, 1.54) is 7.11 Å². The second-order valence-corrected chi connectivity index (χ2v) is 7.54. The van der Waals surface area contributed by atoms with Crippen LogP contribution in [0.5, 0.6) is 0 Å². The van der Waals surface area contributed by atoms with Gasteiger partial charge in [-0.05, 0) is 29.8 Å². The third-order valence-corrected chi connectivity index (χ3v) is 5.92. The molecule has 21 heavy (non-hydrogen) atoms. The van der Waals surface area contributed by atoms with Gasteiger partial charge in [-0.1, -0.05) is 30.3 Å². The number of benzene rings is 2. The summed E-state index contributed by atoms with van der Waals surface area (Å²) in [4.78, 5) is 1.95. The molecule has 0 saturated carbocycles. The van der Waals surface area contributed by atoms with E-state index < -0.39 is 13.2 Å². The van der Waals surface area contributed by atoms with Crippen LogP contribution in [0.1, 0.15) is 11.4 Å². The summed E-state index contributed by atoms with van der Waals surface area (Å²) in [5.74, 6) is -1.17. The first-order valence-electron chi connectivity index (χ1n) is 6.65. The monoisotopic (exact) mass is 305 g/mol. The number of anilines is 1. The van der Waals surface area contributed by atoms with Crippen molar-refractivity contribution in [3.8, 4) is 0 Å². The molecule has 0 bridgehead atoms. The van der Waals surface area contributed by atoms with E-state index >= 15 is 0 Å². The summed E-state index contributed by atoms with van der Waals surface area (Å²) < 4.78 is 18.3. The van der Waals surface area contributed by atoms with E-state index in [1.54, 1.807) is 36.4 Å². The van der Waals surface area contributed by atoms with Crippen molar-refractivity contribution >= 4 is 18.4 Å². The average molecular weight is 305 g/mol. The lowest BCUT2D eigenvalue weighted by atomic mass is 10.2. The normalized spacial score (nSPS) is 15.2. The van der Waals surface area contributed by atoms with E-state index in [-0.39, 0.29) is 0 Å². The van der Waals surface area contributed by atoms with Crippen molar-refractivity contribution in [2.45, 2.75) is 5.85 Å². The maximum atomic E-state index is 13.1. The van der Waals surface area contributed by atoms with Crippen molar-refractivity contribution in [1.29, 1.82) is 0 Å². The smallest absolute Gasteiger partial charge is 0.263 e. The largest absolute Gasteiger partial charge is 0.378 e. The van der Waals surface area contributed by atoms with Crippen LogP contribution in [0.3, 0.4) is 0 Å². The molecule has 0 unspecified atom stereocenters. The van der Waals surface area contributed by atoms with E-state index in [1.807, 2.05) is 37.2 Å². The Hall–Kier alpha value is -1.61. The van der Waals surface area contributed by atoms with Gasteiger partial charge in [-0.3, -0.25) is 4.57 Å². The highest BCUT2D eigenvalue weighted by atomic mass is 31.2. The van der Waals surface area contributed by atoms with Crippen LogP contribution in [0.25, 0.3) is 0 Å². The molecule has 4 nitrogen and oxygen atoms in total. The molecule has 0 saturated heterocycles. The van der Waals surface area contributed by atoms with Gasteiger partial charge in [0.25, 0.3) is 7.37 Å². The van der Waals surface area contributed by atoms with Crippen molar-refractivity contribution in [3.05, 3.63) is 60.2 Å². The lowest BCUT2D eigenvalue weighted by molar-refractivity contribution is 0.229. The zero-order valence-electron chi connectivity index (χ0n) is 12.4. The predicted octanol–water partition coefficient (Wildman–Crippen LogP) is 2.99. The van der Waals surface area contributed by atoms with Crippen LogP contribution in [-0.4, -0.2) is 26.3 Å². The van der Waals surface area contributed by atoms with Crippen molar-refractivity contribution in [1.82, 2.24) is 0 Å². The predicted molar refractivity (Wildman–Crippen MR) is 86.4 cm³/mol. The fourth-order valence-corrected chi connectivity index (χ4v) is 3.95. The van der Waals surface area contributed by atoms with Gasteiger partial charge in [0.15, 0.2) is 5.85 Å². The second-order valence-electron chi connectivity index (χ2n) is 4.97. The molecule has 112 valence electrons. The quantitative estimate of drug-likeness (QED) is 0.863. The average Bonchev–Trinajstić information content (AvgIpc) is 2.54. The fraction of sp³-hybridized carbons (Fsp3) is 0.250. The first-order valence-corrected chi connectivity index (χ1v) is 8.35. The highest BCUT2D eigenvalue weighted by Gasteiger charge is 2.35. The first-order chi connectivity index (χ1) is 9.99. The topological polar surface area (TPSA) is 49.8 Å². The summed E-state index contributed by atoms with van der Waals surface area (Å²) in [6, 6.07) is 16.1. The molecule has 0 spiro atoms. The SMILES string of the molecule is CO[P@](=O)(c1ccc(N(C)C)cc1)[C@H](O)c1ccccc1. The molecule has 0 fully saturated rings. The summed E-state index contributed by atoms with van der Waals surface area (Å²) >= 11 is 0. The lowest BCUT2D eigenvalue weighted by Gasteiger charge is -2.23. The number of hydrogen-bond donors (Lipinski definition) is 1. The second kappa shape index (κ2) is 6.44. The molecule has 0 aliphatic rings. The standard InChI is InChI=1S/C16H20NO3P/c1-17(2)14-9-11-15(12-10-14)21(19,20-3)16(18)13-7-5-4-6-8-13/h4-12,16,18H,1-3H3/t16-,21+/m0/s1. The van der Waals surface area contributed by atoms with E-state index in [4.69, 9.17) is 4.52 Å². The van der Waals surface area contributed by atoms with Gasteiger partial charge in [-0.2, -0.15) is 0 Å². The number of aliphatic hydroxyl groups is 1. The Morgan fingerprint density at radius 3 is 2.10 bits per heavy atom. The molecule has 0 aromatic heterocycles. The van der Waals surface area contributed by atoms with Crippen LogP contribution in [0.2, 0.25) is 0 Å². The van der Waals surface area contributed by atoms with Crippen molar-refractivity contribution in [2.24, 2.45) is 0 Å². The van der Waals surface area contributed by atoms with Crippen LogP contribution in [0, 0.1) is 0 Å². The van der Waals surface area contributed by atoms with E-state index in [2.05, 4.69) is 0 Å². The summed E-state index contributed by atoms with van der Waals surface area (Å²) in [7, 11) is 1.86. The molecular formula is C16H20NO3P. The van der Waals surface area contributed by atoms with Gasteiger partial charge < -0.3 is 14.5 Å². The number of nitrogens with zero attached hydrogens (tertiary/aromatic N) is 1. The van der Waals surface area contributed by atoms with Crippen LogP contribution >= 0.6 is 7.37 Å². The van der Waals surface area contributed by atoms with Gasteiger partial charge in [0.1, 0.15) is 0 Å². The molecule has 0 radical (unpaired) electrons. The third kappa shape index (κ3) is 3.18. The molecule has 2 aromatic carbocycles. The van der Waals surface area contributed by atoms with E-state index in [0.29, 0.717) is 10.9 Å². The van der Waals surface area contributed by atoms with Gasteiger partial charge in [0, 0.05) is 32.2 Å². The Morgan fingerprint density at radius 2 is 1.62 bits per heavy atom. The van der Waals surface area contributed by atoms with Crippen molar-refractivity contribution < 1.29 is 14.2 Å².